The van der Waals surface area contributed by atoms with E-state index in [9.17, 15) is 26.3 Å². The number of anilines is 1. The molecule has 2 aromatic rings. The van der Waals surface area contributed by atoms with E-state index < -0.39 is 23.5 Å². The zero-order valence-corrected chi connectivity index (χ0v) is 12.2. The van der Waals surface area contributed by atoms with Crippen molar-refractivity contribution in [3.63, 3.8) is 0 Å². The van der Waals surface area contributed by atoms with Gasteiger partial charge < -0.3 is 10.1 Å². The van der Waals surface area contributed by atoms with Crippen LogP contribution in [-0.2, 0) is 18.9 Å². The minimum Gasteiger partial charge on any atom is -0.494 e. The Bertz CT molecular complexity index is 665. The number of methoxy groups -OCH3 is 1. The molecule has 0 unspecified atom stereocenters. The van der Waals surface area contributed by atoms with Crippen molar-refractivity contribution in [1.29, 1.82) is 0 Å². The Morgan fingerprint density at radius 1 is 0.917 bits per heavy atom. The van der Waals surface area contributed by atoms with Crippen LogP contribution < -0.4 is 10.1 Å². The number of ether oxygens (including phenoxy) is 1. The zero-order valence-electron chi connectivity index (χ0n) is 12.2. The number of hydrogen-bond acceptors (Lipinski definition) is 4. The maximum absolute atomic E-state index is 12.8. The van der Waals surface area contributed by atoms with Gasteiger partial charge in [-0.15, -0.1) is 0 Å². The lowest BCUT2D eigenvalue weighted by atomic mass is 10.0. The highest BCUT2D eigenvalue weighted by atomic mass is 19.4. The summed E-state index contributed by atoms with van der Waals surface area (Å²) in [6.45, 7) is -0.306. The van der Waals surface area contributed by atoms with Crippen LogP contribution in [0, 0.1) is 0 Å². The van der Waals surface area contributed by atoms with Crippen LogP contribution in [0.3, 0.4) is 0 Å². The molecular formula is C14H11F6N3O. The van der Waals surface area contributed by atoms with Crippen molar-refractivity contribution in [2.75, 3.05) is 12.4 Å². The summed E-state index contributed by atoms with van der Waals surface area (Å²) < 4.78 is 81.4. The van der Waals surface area contributed by atoms with Gasteiger partial charge in [-0.25, -0.2) is 9.97 Å². The van der Waals surface area contributed by atoms with E-state index in [0.717, 1.165) is 0 Å². The van der Waals surface area contributed by atoms with Gasteiger partial charge >= 0.3 is 12.4 Å². The average molecular weight is 351 g/mol. The second-order valence-electron chi connectivity index (χ2n) is 4.71. The molecule has 0 bridgehead atoms. The molecule has 0 radical (unpaired) electrons. The van der Waals surface area contributed by atoms with E-state index in [1.807, 2.05) is 0 Å². The molecule has 0 aliphatic heterocycles. The molecule has 2 rings (SSSR count). The van der Waals surface area contributed by atoms with E-state index in [0.29, 0.717) is 17.9 Å². The lowest BCUT2D eigenvalue weighted by molar-refractivity contribution is -0.143. The number of nitrogens with one attached hydrogen (secondary N) is 1. The number of hydrogen-bond donors (Lipinski definition) is 1. The monoisotopic (exact) mass is 351 g/mol. The van der Waals surface area contributed by atoms with Gasteiger partial charge in [-0.05, 0) is 23.8 Å². The molecule has 0 spiro atoms. The molecule has 4 nitrogen and oxygen atoms in total. The fourth-order valence-electron chi connectivity index (χ4n) is 1.82. The van der Waals surface area contributed by atoms with E-state index in [-0.39, 0.29) is 24.1 Å². The number of halogens is 6. The van der Waals surface area contributed by atoms with Crippen LogP contribution >= 0.6 is 0 Å². The van der Waals surface area contributed by atoms with E-state index >= 15 is 0 Å². The molecule has 1 aromatic heterocycles. The van der Waals surface area contributed by atoms with Crippen LogP contribution in [0.1, 0.15) is 16.7 Å². The molecule has 10 heteroatoms. The Hall–Kier alpha value is -2.52. The van der Waals surface area contributed by atoms with Gasteiger partial charge in [0.1, 0.15) is 0 Å². The molecule has 0 fully saturated rings. The van der Waals surface area contributed by atoms with Crippen molar-refractivity contribution in [2.24, 2.45) is 0 Å². The van der Waals surface area contributed by atoms with Crippen molar-refractivity contribution in [3.05, 3.63) is 47.3 Å². The van der Waals surface area contributed by atoms with Gasteiger partial charge in [0.25, 0.3) is 0 Å². The van der Waals surface area contributed by atoms with E-state index in [4.69, 9.17) is 4.74 Å². The molecule has 0 saturated carbocycles. The molecule has 1 N–H and O–H groups in total. The van der Waals surface area contributed by atoms with Crippen molar-refractivity contribution in [3.8, 4) is 5.75 Å². The van der Waals surface area contributed by atoms with E-state index in [2.05, 4.69) is 15.3 Å². The average Bonchev–Trinajstić information content (AvgIpc) is 2.51. The van der Waals surface area contributed by atoms with Gasteiger partial charge in [0.15, 0.2) is 5.75 Å². The predicted octanol–water partition coefficient (Wildman–Crippen LogP) is 4.13. The van der Waals surface area contributed by atoms with Gasteiger partial charge in [0, 0.05) is 6.54 Å². The lowest BCUT2D eigenvalue weighted by Crippen LogP contribution is -2.13. The standard InChI is InChI=1S/C14H11F6N3O/c1-24-11-6-22-12(23-7-11)21-5-8-2-9(13(15,16)17)4-10(3-8)14(18,19)20/h2-4,6-7H,5H2,1H3,(H,21,22,23). The van der Waals surface area contributed by atoms with Crippen LogP contribution in [0.2, 0.25) is 0 Å². The lowest BCUT2D eigenvalue weighted by Gasteiger charge is -2.14. The second kappa shape index (κ2) is 6.54. The quantitative estimate of drug-likeness (QED) is 0.842. The van der Waals surface area contributed by atoms with Crippen LogP contribution in [-0.4, -0.2) is 17.1 Å². The van der Waals surface area contributed by atoms with Crippen molar-refractivity contribution >= 4 is 5.95 Å². The smallest absolute Gasteiger partial charge is 0.416 e. The third-order valence-corrected chi connectivity index (χ3v) is 2.96. The maximum atomic E-state index is 12.8. The SMILES string of the molecule is COc1cnc(NCc2cc(C(F)(F)F)cc(C(F)(F)F)c2)nc1. The highest BCUT2D eigenvalue weighted by Gasteiger charge is 2.36. The summed E-state index contributed by atoms with van der Waals surface area (Å²) in [4.78, 5) is 7.63. The van der Waals surface area contributed by atoms with Crippen molar-refractivity contribution in [1.82, 2.24) is 9.97 Å². The van der Waals surface area contributed by atoms with Crippen LogP contribution in [0.25, 0.3) is 0 Å². The van der Waals surface area contributed by atoms with Gasteiger partial charge in [0.05, 0.1) is 30.6 Å². The van der Waals surface area contributed by atoms with E-state index in [1.165, 1.54) is 19.5 Å². The van der Waals surface area contributed by atoms with Crippen LogP contribution in [0.15, 0.2) is 30.6 Å². The minimum atomic E-state index is -4.88. The first kappa shape index (κ1) is 17.8. The maximum Gasteiger partial charge on any atom is 0.416 e. The first-order valence-electron chi connectivity index (χ1n) is 6.48. The molecule has 24 heavy (non-hydrogen) atoms. The molecule has 0 aliphatic carbocycles. The summed E-state index contributed by atoms with van der Waals surface area (Å²) in [6, 6.07) is 1.37. The topological polar surface area (TPSA) is 47.0 Å². The zero-order chi connectivity index (χ0) is 18.0. The fourth-order valence-corrected chi connectivity index (χ4v) is 1.82. The molecule has 1 heterocycles. The van der Waals surface area contributed by atoms with Crippen LogP contribution in [0.4, 0.5) is 32.3 Å². The first-order valence-corrected chi connectivity index (χ1v) is 6.48. The third kappa shape index (κ3) is 4.49. The molecule has 0 saturated heterocycles. The summed E-state index contributed by atoms with van der Waals surface area (Å²) in [7, 11) is 1.40. The number of rotatable bonds is 4. The van der Waals surface area contributed by atoms with Gasteiger partial charge in [0.2, 0.25) is 5.95 Å². The Labute approximate surface area is 132 Å². The normalized spacial score (nSPS) is 12.1. The third-order valence-electron chi connectivity index (χ3n) is 2.96. The summed E-state index contributed by atoms with van der Waals surface area (Å²) >= 11 is 0. The molecular weight excluding hydrogens is 340 g/mol. The van der Waals surface area contributed by atoms with E-state index in [1.54, 1.807) is 0 Å². The predicted molar refractivity (Wildman–Crippen MR) is 72.4 cm³/mol. The number of alkyl halides is 6. The molecule has 0 amide bonds. The number of aromatic nitrogens is 2. The highest BCUT2D eigenvalue weighted by molar-refractivity contribution is 5.36. The number of benzene rings is 1. The largest absolute Gasteiger partial charge is 0.494 e. The fraction of sp³-hybridized carbons (Fsp3) is 0.286. The molecule has 130 valence electrons. The minimum absolute atomic E-state index is 0.0433. The van der Waals surface area contributed by atoms with Crippen molar-refractivity contribution < 1.29 is 31.1 Å². The highest BCUT2D eigenvalue weighted by Crippen LogP contribution is 2.36. The summed E-state index contributed by atoms with van der Waals surface area (Å²) in [5, 5.41) is 2.56. The van der Waals surface area contributed by atoms with Crippen LogP contribution in [0.5, 0.6) is 5.75 Å². The van der Waals surface area contributed by atoms with Crippen molar-refractivity contribution in [2.45, 2.75) is 18.9 Å². The van der Waals surface area contributed by atoms with Gasteiger partial charge in [-0.3, -0.25) is 0 Å². The van der Waals surface area contributed by atoms with Gasteiger partial charge in [-0.2, -0.15) is 26.3 Å². The Morgan fingerprint density at radius 3 is 1.83 bits per heavy atom. The molecule has 0 atom stereocenters. The Kier molecular flexibility index (Phi) is 4.86. The second-order valence-corrected chi connectivity index (χ2v) is 4.71. The summed E-state index contributed by atoms with van der Waals surface area (Å²) in [5.41, 5.74) is -2.94. The Morgan fingerprint density at radius 2 is 1.42 bits per heavy atom. The summed E-state index contributed by atoms with van der Waals surface area (Å²) in [5.74, 6) is 0.403. The summed E-state index contributed by atoms with van der Waals surface area (Å²) in [6.07, 6.45) is -7.15. The first-order chi connectivity index (χ1) is 11.1. The van der Waals surface area contributed by atoms with Gasteiger partial charge in [-0.1, -0.05) is 0 Å². The molecule has 1 aromatic carbocycles. The number of nitrogens with zero attached hydrogens (tertiary/aromatic N) is 2. The Balaban J connectivity index is 2.24. The molecule has 0 aliphatic rings.